The van der Waals surface area contributed by atoms with Crippen molar-refractivity contribution in [3.63, 3.8) is 0 Å². The molecule has 0 fully saturated rings. The molecule has 0 atom stereocenters. The molecule has 7 nitrogen and oxygen atoms in total. The van der Waals surface area contributed by atoms with Crippen LogP contribution in [0.25, 0.3) is 10.6 Å². The molecule has 122 valence electrons. The van der Waals surface area contributed by atoms with E-state index >= 15 is 0 Å². The number of benzene rings is 1. The van der Waals surface area contributed by atoms with Crippen molar-refractivity contribution >= 4 is 28.2 Å². The second kappa shape index (κ2) is 7.51. The molecular weight excluding hydrogens is 326 g/mol. The Morgan fingerprint density at radius 1 is 1.21 bits per heavy atom. The largest absolute Gasteiger partial charge is 0.494 e. The zero-order chi connectivity index (χ0) is 16.8. The molecule has 3 aromatic rings. The Balaban J connectivity index is 1.63. The van der Waals surface area contributed by atoms with E-state index in [4.69, 9.17) is 4.74 Å². The van der Waals surface area contributed by atoms with E-state index in [1.165, 1.54) is 11.3 Å². The van der Waals surface area contributed by atoms with E-state index in [1.54, 1.807) is 24.5 Å². The minimum Gasteiger partial charge on any atom is -0.494 e. The normalized spacial score (nSPS) is 10.2. The van der Waals surface area contributed by atoms with Crippen molar-refractivity contribution in [3.8, 4) is 16.3 Å². The molecule has 0 aliphatic rings. The molecule has 24 heavy (non-hydrogen) atoms. The maximum Gasteiger partial charge on any atom is 0.325 e. The molecule has 2 amide bonds. The van der Waals surface area contributed by atoms with Crippen LogP contribution in [0.2, 0.25) is 0 Å². The number of hydrogen-bond donors (Lipinski definition) is 2. The predicted octanol–water partition coefficient (Wildman–Crippen LogP) is 3.64. The number of aromatic nitrogens is 3. The van der Waals surface area contributed by atoms with E-state index in [0.29, 0.717) is 28.2 Å². The molecule has 0 spiro atoms. The van der Waals surface area contributed by atoms with Crippen molar-refractivity contribution in [2.45, 2.75) is 6.92 Å². The van der Waals surface area contributed by atoms with Gasteiger partial charge in [0.25, 0.3) is 0 Å². The maximum absolute atomic E-state index is 12.1. The summed E-state index contributed by atoms with van der Waals surface area (Å²) in [6, 6.07) is 10.5. The summed E-state index contributed by atoms with van der Waals surface area (Å²) < 4.78 is 5.40. The van der Waals surface area contributed by atoms with Crippen LogP contribution in [0.3, 0.4) is 0 Å². The van der Waals surface area contributed by atoms with Crippen LogP contribution in [0.15, 0.2) is 48.8 Å². The van der Waals surface area contributed by atoms with Crippen LogP contribution in [0.5, 0.6) is 5.75 Å². The van der Waals surface area contributed by atoms with Crippen LogP contribution >= 0.6 is 11.3 Å². The lowest BCUT2D eigenvalue weighted by molar-refractivity contribution is 0.262. The zero-order valence-electron chi connectivity index (χ0n) is 12.9. The number of rotatable bonds is 5. The number of anilines is 2. The fraction of sp³-hybridized carbons (Fsp3) is 0.125. The summed E-state index contributed by atoms with van der Waals surface area (Å²) in [5, 5.41) is 14.5. The van der Waals surface area contributed by atoms with Crippen LogP contribution in [0.1, 0.15) is 6.92 Å². The van der Waals surface area contributed by atoms with Crippen molar-refractivity contribution in [2.24, 2.45) is 0 Å². The number of nitrogens with one attached hydrogen (secondary N) is 2. The minimum absolute atomic E-state index is 0.391. The lowest BCUT2D eigenvalue weighted by atomic mass is 10.3. The third-order valence-electron chi connectivity index (χ3n) is 2.96. The Bertz CT molecular complexity index is 822. The third-order valence-corrected chi connectivity index (χ3v) is 3.84. The Labute approximate surface area is 142 Å². The summed E-state index contributed by atoms with van der Waals surface area (Å²) in [7, 11) is 0. The fourth-order valence-corrected chi connectivity index (χ4v) is 2.70. The molecule has 0 saturated heterocycles. The first-order chi connectivity index (χ1) is 11.7. The molecular formula is C16H15N5O2S. The van der Waals surface area contributed by atoms with Crippen molar-refractivity contribution in [1.82, 2.24) is 15.2 Å². The van der Waals surface area contributed by atoms with E-state index in [9.17, 15) is 4.79 Å². The number of ether oxygens (including phenoxy) is 1. The SMILES string of the molecule is CCOc1cccc(NC(=O)Nc2nnc(-c3cccnc3)s2)c1. The zero-order valence-corrected chi connectivity index (χ0v) is 13.7. The van der Waals surface area contributed by atoms with Crippen molar-refractivity contribution < 1.29 is 9.53 Å². The minimum atomic E-state index is -0.391. The van der Waals surface area contributed by atoms with Crippen LogP contribution in [0, 0.1) is 0 Å². The first-order valence-electron chi connectivity index (χ1n) is 7.29. The van der Waals surface area contributed by atoms with Gasteiger partial charge in [0.15, 0.2) is 5.01 Å². The van der Waals surface area contributed by atoms with E-state index in [-0.39, 0.29) is 0 Å². The van der Waals surface area contributed by atoms with Crippen LogP contribution < -0.4 is 15.4 Å². The van der Waals surface area contributed by atoms with E-state index in [1.807, 2.05) is 31.2 Å². The molecule has 0 aliphatic carbocycles. The van der Waals surface area contributed by atoms with Crippen molar-refractivity contribution in [1.29, 1.82) is 0 Å². The van der Waals surface area contributed by atoms with E-state index < -0.39 is 6.03 Å². The van der Waals surface area contributed by atoms with Gasteiger partial charge in [0.1, 0.15) is 5.75 Å². The Kier molecular flexibility index (Phi) is 4.97. The molecule has 2 N–H and O–H groups in total. The highest BCUT2D eigenvalue weighted by molar-refractivity contribution is 7.18. The van der Waals surface area contributed by atoms with Gasteiger partial charge in [-0.1, -0.05) is 17.4 Å². The summed E-state index contributed by atoms with van der Waals surface area (Å²) in [5.41, 5.74) is 1.49. The van der Waals surface area contributed by atoms with Crippen molar-refractivity contribution in [2.75, 3.05) is 17.2 Å². The van der Waals surface area contributed by atoms with Gasteiger partial charge in [-0.2, -0.15) is 0 Å². The average Bonchev–Trinajstić information content (AvgIpc) is 3.04. The second-order valence-electron chi connectivity index (χ2n) is 4.69. The highest BCUT2D eigenvalue weighted by Gasteiger charge is 2.10. The molecule has 8 heteroatoms. The van der Waals surface area contributed by atoms with Gasteiger partial charge < -0.3 is 10.1 Å². The fourth-order valence-electron chi connectivity index (χ4n) is 1.97. The molecule has 3 rings (SSSR count). The second-order valence-corrected chi connectivity index (χ2v) is 5.67. The quantitative estimate of drug-likeness (QED) is 0.739. The lowest BCUT2D eigenvalue weighted by Crippen LogP contribution is -2.19. The number of urea groups is 1. The molecule has 1 aromatic carbocycles. The number of carbonyl (C=O) groups excluding carboxylic acids is 1. The summed E-state index contributed by atoms with van der Waals surface area (Å²) in [6.45, 7) is 2.47. The molecule has 0 aliphatic heterocycles. The Hall–Kier alpha value is -3.00. The Morgan fingerprint density at radius 3 is 2.92 bits per heavy atom. The first kappa shape index (κ1) is 15.9. The Morgan fingerprint density at radius 2 is 2.12 bits per heavy atom. The van der Waals surface area contributed by atoms with Gasteiger partial charge in [-0.3, -0.25) is 10.3 Å². The van der Waals surface area contributed by atoms with E-state index in [0.717, 1.165) is 5.56 Å². The molecule has 2 aromatic heterocycles. The molecule has 0 saturated carbocycles. The van der Waals surface area contributed by atoms with Gasteiger partial charge >= 0.3 is 6.03 Å². The standard InChI is InChI=1S/C16H15N5O2S/c1-2-23-13-7-3-6-12(9-13)18-15(22)19-16-21-20-14(24-16)11-5-4-8-17-10-11/h3-10H,2H2,1H3,(H2,18,19,21,22). The highest BCUT2D eigenvalue weighted by atomic mass is 32.1. The van der Waals surface area contributed by atoms with Gasteiger partial charge in [-0.05, 0) is 31.2 Å². The van der Waals surface area contributed by atoms with Gasteiger partial charge in [0.2, 0.25) is 5.13 Å². The summed E-state index contributed by atoms with van der Waals surface area (Å²) >= 11 is 1.28. The highest BCUT2D eigenvalue weighted by Crippen LogP contribution is 2.25. The number of nitrogens with zero attached hydrogens (tertiary/aromatic N) is 3. The first-order valence-corrected chi connectivity index (χ1v) is 8.11. The molecule has 2 heterocycles. The maximum atomic E-state index is 12.1. The van der Waals surface area contributed by atoms with E-state index in [2.05, 4.69) is 25.8 Å². The van der Waals surface area contributed by atoms with Gasteiger partial charge in [-0.15, -0.1) is 10.2 Å². The number of amides is 2. The smallest absolute Gasteiger partial charge is 0.325 e. The van der Waals surface area contributed by atoms with Gasteiger partial charge in [-0.25, -0.2) is 4.79 Å². The predicted molar refractivity (Wildman–Crippen MR) is 93.4 cm³/mol. The van der Waals surface area contributed by atoms with Gasteiger partial charge in [0, 0.05) is 29.7 Å². The molecule has 0 radical (unpaired) electrons. The lowest BCUT2D eigenvalue weighted by Gasteiger charge is -2.07. The monoisotopic (exact) mass is 341 g/mol. The van der Waals surface area contributed by atoms with Crippen LogP contribution in [-0.4, -0.2) is 27.8 Å². The summed E-state index contributed by atoms with van der Waals surface area (Å²) in [5.74, 6) is 0.699. The summed E-state index contributed by atoms with van der Waals surface area (Å²) in [4.78, 5) is 16.1. The topological polar surface area (TPSA) is 89.0 Å². The van der Waals surface area contributed by atoms with Crippen LogP contribution in [0.4, 0.5) is 15.6 Å². The third kappa shape index (κ3) is 4.05. The number of hydrogen-bond acceptors (Lipinski definition) is 6. The molecule has 0 bridgehead atoms. The molecule has 0 unspecified atom stereocenters. The van der Waals surface area contributed by atoms with Crippen molar-refractivity contribution in [3.05, 3.63) is 48.8 Å². The average molecular weight is 341 g/mol. The number of pyridine rings is 1. The number of carbonyl (C=O) groups is 1. The van der Waals surface area contributed by atoms with Crippen LogP contribution in [-0.2, 0) is 0 Å². The summed E-state index contributed by atoms with van der Waals surface area (Å²) in [6.07, 6.45) is 3.39. The van der Waals surface area contributed by atoms with Gasteiger partial charge in [0.05, 0.1) is 6.61 Å².